The summed E-state index contributed by atoms with van der Waals surface area (Å²) < 4.78 is 1.71. The third kappa shape index (κ3) is 4.15. The second-order valence-electron chi connectivity index (χ2n) is 7.84. The highest BCUT2D eigenvalue weighted by molar-refractivity contribution is 5.98. The fraction of sp³-hybridized carbons (Fsp3) is 0.261. The van der Waals surface area contributed by atoms with Crippen LogP contribution in [-0.2, 0) is 6.42 Å². The van der Waals surface area contributed by atoms with Gasteiger partial charge in [0.1, 0.15) is 18.5 Å². The summed E-state index contributed by atoms with van der Waals surface area (Å²) in [6.45, 7) is 3.83. The van der Waals surface area contributed by atoms with Crippen LogP contribution in [0.4, 0.5) is 5.82 Å². The summed E-state index contributed by atoms with van der Waals surface area (Å²) in [4.78, 5) is 30.5. The standard InChI is InChI=1S/C23H23N7O/c1-28-6-8-29(9-7-28)23-12-17(4-5-25-23)22(31)13-20-10-19-11-21(30-16-24-15-27-30)3-2-18(19)14-26-20/h2-5,10-12,14-16H,6-9,13H2,1H3. The third-order valence-corrected chi connectivity index (χ3v) is 5.68. The number of nitrogens with zero attached hydrogens (tertiary/aromatic N) is 7. The number of ketones is 1. The number of likely N-dealkylation sites (N-methyl/N-ethyl adjacent to an activating group) is 1. The second-order valence-corrected chi connectivity index (χ2v) is 7.84. The number of aromatic nitrogens is 5. The maximum Gasteiger partial charge on any atom is 0.169 e. The van der Waals surface area contributed by atoms with Crippen molar-refractivity contribution in [2.45, 2.75) is 6.42 Å². The molecule has 0 radical (unpaired) electrons. The Morgan fingerprint density at radius 2 is 1.87 bits per heavy atom. The highest BCUT2D eigenvalue weighted by atomic mass is 16.1. The number of hydrogen-bond acceptors (Lipinski definition) is 7. The van der Waals surface area contributed by atoms with E-state index in [9.17, 15) is 4.79 Å². The van der Waals surface area contributed by atoms with Crippen molar-refractivity contribution in [2.24, 2.45) is 0 Å². The van der Waals surface area contributed by atoms with Gasteiger partial charge < -0.3 is 9.80 Å². The topological polar surface area (TPSA) is 80.0 Å². The van der Waals surface area contributed by atoms with Crippen molar-refractivity contribution in [1.29, 1.82) is 0 Å². The molecule has 5 rings (SSSR count). The Labute approximate surface area is 180 Å². The van der Waals surface area contributed by atoms with Crippen LogP contribution < -0.4 is 4.90 Å². The Morgan fingerprint density at radius 1 is 1.00 bits per heavy atom. The highest BCUT2D eigenvalue weighted by Gasteiger charge is 2.17. The summed E-state index contributed by atoms with van der Waals surface area (Å²) in [6.07, 6.45) is 6.94. The number of benzene rings is 1. The summed E-state index contributed by atoms with van der Waals surface area (Å²) in [5, 5.41) is 6.21. The average Bonchev–Trinajstić information content (AvgIpc) is 3.34. The number of carbonyl (C=O) groups is 1. The molecule has 4 heterocycles. The van der Waals surface area contributed by atoms with Crippen molar-refractivity contribution < 1.29 is 4.79 Å². The summed E-state index contributed by atoms with van der Waals surface area (Å²) in [6, 6.07) is 11.6. The second kappa shape index (κ2) is 8.23. The first-order chi connectivity index (χ1) is 15.2. The number of piperazine rings is 1. The van der Waals surface area contributed by atoms with Gasteiger partial charge >= 0.3 is 0 Å². The van der Waals surface area contributed by atoms with Crippen LogP contribution in [-0.4, -0.2) is 68.6 Å². The molecule has 1 fully saturated rings. The van der Waals surface area contributed by atoms with E-state index in [4.69, 9.17) is 0 Å². The van der Waals surface area contributed by atoms with E-state index in [0.29, 0.717) is 5.56 Å². The summed E-state index contributed by atoms with van der Waals surface area (Å²) >= 11 is 0. The lowest BCUT2D eigenvalue weighted by molar-refractivity contribution is 0.0992. The van der Waals surface area contributed by atoms with Gasteiger partial charge in [-0.25, -0.2) is 14.6 Å². The molecule has 0 saturated carbocycles. The zero-order chi connectivity index (χ0) is 21.2. The molecule has 0 amide bonds. The maximum absolute atomic E-state index is 13.0. The van der Waals surface area contributed by atoms with Gasteiger partial charge in [0, 0.05) is 55.2 Å². The van der Waals surface area contributed by atoms with Crippen molar-refractivity contribution in [3.8, 4) is 5.69 Å². The molecule has 0 atom stereocenters. The van der Waals surface area contributed by atoms with E-state index in [1.54, 1.807) is 23.3 Å². The molecule has 31 heavy (non-hydrogen) atoms. The van der Waals surface area contributed by atoms with E-state index in [1.165, 1.54) is 6.33 Å². The molecule has 0 bridgehead atoms. The normalized spacial score (nSPS) is 14.8. The van der Waals surface area contributed by atoms with Crippen LogP contribution in [0.15, 0.2) is 61.4 Å². The van der Waals surface area contributed by atoms with Crippen LogP contribution in [0.5, 0.6) is 0 Å². The molecule has 0 N–H and O–H groups in total. The fourth-order valence-corrected chi connectivity index (χ4v) is 3.82. The number of anilines is 1. The fourth-order valence-electron chi connectivity index (χ4n) is 3.82. The third-order valence-electron chi connectivity index (χ3n) is 5.68. The SMILES string of the molecule is CN1CCN(c2cc(C(=O)Cc3cc4cc(-n5cncn5)ccc4cn3)ccn2)CC1. The summed E-state index contributed by atoms with van der Waals surface area (Å²) in [7, 11) is 2.12. The molecule has 3 aromatic heterocycles. The van der Waals surface area contributed by atoms with Crippen molar-refractivity contribution >= 4 is 22.4 Å². The minimum atomic E-state index is 0.0389. The van der Waals surface area contributed by atoms with E-state index in [0.717, 1.165) is 54.2 Å². The zero-order valence-electron chi connectivity index (χ0n) is 17.3. The van der Waals surface area contributed by atoms with Gasteiger partial charge in [-0.2, -0.15) is 5.10 Å². The van der Waals surface area contributed by atoms with E-state index in [2.05, 4.69) is 36.9 Å². The molecule has 0 spiro atoms. The highest BCUT2D eigenvalue weighted by Crippen LogP contribution is 2.20. The maximum atomic E-state index is 13.0. The number of rotatable bonds is 5. The largest absolute Gasteiger partial charge is 0.354 e. The number of carbonyl (C=O) groups excluding carboxylic acids is 1. The van der Waals surface area contributed by atoms with Crippen LogP contribution in [0.2, 0.25) is 0 Å². The van der Waals surface area contributed by atoms with Gasteiger partial charge in [-0.1, -0.05) is 6.07 Å². The predicted molar refractivity (Wildman–Crippen MR) is 119 cm³/mol. The lowest BCUT2D eigenvalue weighted by Gasteiger charge is -2.33. The predicted octanol–water partition coefficient (Wildman–Crippen LogP) is 2.39. The molecule has 1 aromatic carbocycles. The molecular weight excluding hydrogens is 390 g/mol. The minimum absolute atomic E-state index is 0.0389. The molecule has 1 saturated heterocycles. The van der Waals surface area contributed by atoms with E-state index in [-0.39, 0.29) is 12.2 Å². The first kappa shape index (κ1) is 19.3. The van der Waals surface area contributed by atoms with Gasteiger partial charge in [0.2, 0.25) is 0 Å². The Hall–Kier alpha value is -3.65. The average molecular weight is 413 g/mol. The lowest BCUT2D eigenvalue weighted by Crippen LogP contribution is -2.44. The van der Waals surface area contributed by atoms with Gasteiger partial charge in [-0.05, 0) is 42.8 Å². The molecule has 0 aliphatic carbocycles. The smallest absolute Gasteiger partial charge is 0.169 e. The van der Waals surface area contributed by atoms with Gasteiger partial charge in [0.05, 0.1) is 12.1 Å². The quantitative estimate of drug-likeness (QED) is 0.465. The van der Waals surface area contributed by atoms with E-state index >= 15 is 0 Å². The van der Waals surface area contributed by atoms with Crippen molar-refractivity contribution in [1.82, 2.24) is 29.6 Å². The van der Waals surface area contributed by atoms with Crippen LogP contribution >= 0.6 is 0 Å². The minimum Gasteiger partial charge on any atom is -0.354 e. The van der Waals surface area contributed by atoms with Gasteiger partial charge in [0.15, 0.2) is 5.78 Å². The van der Waals surface area contributed by atoms with Crippen LogP contribution in [0.25, 0.3) is 16.5 Å². The molecule has 8 heteroatoms. The number of fused-ring (bicyclic) bond motifs is 1. The molecule has 1 aliphatic heterocycles. The molecular formula is C23H23N7O. The van der Waals surface area contributed by atoms with Crippen LogP contribution in [0.1, 0.15) is 16.1 Å². The van der Waals surface area contributed by atoms with Gasteiger partial charge in [0.25, 0.3) is 0 Å². The van der Waals surface area contributed by atoms with E-state index in [1.807, 2.05) is 36.5 Å². The van der Waals surface area contributed by atoms with Crippen LogP contribution in [0, 0.1) is 0 Å². The molecule has 0 unspecified atom stereocenters. The summed E-state index contributed by atoms with van der Waals surface area (Å²) in [5.41, 5.74) is 2.33. The molecule has 1 aliphatic rings. The zero-order valence-corrected chi connectivity index (χ0v) is 17.3. The Bertz CT molecular complexity index is 1210. The molecule has 8 nitrogen and oxygen atoms in total. The summed E-state index contributed by atoms with van der Waals surface area (Å²) in [5.74, 6) is 0.903. The Morgan fingerprint density at radius 3 is 2.68 bits per heavy atom. The van der Waals surface area contributed by atoms with Gasteiger partial charge in [-0.3, -0.25) is 9.78 Å². The monoisotopic (exact) mass is 413 g/mol. The van der Waals surface area contributed by atoms with Crippen molar-refractivity contribution in [3.05, 3.63) is 72.7 Å². The molecule has 4 aromatic rings. The van der Waals surface area contributed by atoms with E-state index < -0.39 is 0 Å². The van der Waals surface area contributed by atoms with Crippen molar-refractivity contribution in [2.75, 3.05) is 38.1 Å². The number of pyridine rings is 2. The number of hydrogen-bond donors (Lipinski definition) is 0. The van der Waals surface area contributed by atoms with Crippen molar-refractivity contribution in [3.63, 3.8) is 0 Å². The molecule has 156 valence electrons. The van der Waals surface area contributed by atoms with Crippen LogP contribution in [0.3, 0.4) is 0 Å². The Balaban J connectivity index is 1.35. The Kier molecular flexibility index (Phi) is 5.13. The van der Waals surface area contributed by atoms with Gasteiger partial charge in [-0.15, -0.1) is 0 Å². The number of Topliss-reactive ketones (excluding diaryl/α,β-unsaturated/α-hetero) is 1. The first-order valence-corrected chi connectivity index (χ1v) is 10.3. The lowest BCUT2D eigenvalue weighted by atomic mass is 10.0. The first-order valence-electron chi connectivity index (χ1n) is 10.3.